The van der Waals surface area contributed by atoms with Crippen LogP contribution in [0.1, 0.15) is 16.7 Å². The van der Waals surface area contributed by atoms with Gasteiger partial charge in [0.1, 0.15) is 5.84 Å². The monoisotopic (exact) mass is 354 g/mol. The van der Waals surface area contributed by atoms with Gasteiger partial charge in [-0.05, 0) is 17.7 Å². The maximum absolute atomic E-state index is 11.8. The maximum Gasteiger partial charge on any atom is 0.203 e. The molecule has 6 nitrogen and oxygen atoms in total. The molecule has 1 unspecified atom stereocenters. The lowest BCUT2D eigenvalue weighted by Gasteiger charge is -2.44. The van der Waals surface area contributed by atoms with E-state index in [1.807, 2.05) is 35.2 Å². The van der Waals surface area contributed by atoms with Gasteiger partial charge in [-0.1, -0.05) is 24.3 Å². The molecule has 2 heterocycles. The van der Waals surface area contributed by atoms with Crippen LogP contribution in [0.15, 0.2) is 41.4 Å². The Bertz CT molecular complexity index is 855. The Balaban J connectivity index is 1.89. The van der Waals surface area contributed by atoms with Crippen molar-refractivity contribution >= 4 is 5.84 Å². The quantitative estimate of drug-likeness (QED) is 0.912. The molecule has 0 aliphatic carbocycles. The molecule has 0 amide bonds. The first-order valence-corrected chi connectivity index (χ1v) is 8.55. The van der Waals surface area contributed by atoms with E-state index in [9.17, 15) is 5.11 Å². The van der Waals surface area contributed by atoms with E-state index in [4.69, 9.17) is 14.2 Å². The van der Waals surface area contributed by atoms with Gasteiger partial charge in [-0.2, -0.15) is 0 Å². The predicted octanol–water partition coefficient (Wildman–Crippen LogP) is 2.18. The molecule has 2 aliphatic rings. The molecule has 0 bridgehead atoms. The molecule has 2 aromatic carbocycles. The van der Waals surface area contributed by atoms with Crippen LogP contribution in [-0.4, -0.2) is 50.3 Å². The third kappa shape index (κ3) is 2.33. The number of rotatable bonds is 4. The second kappa shape index (κ2) is 6.21. The first kappa shape index (κ1) is 16.7. The molecule has 1 N–H and O–H groups in total. The van der Waals surface area contributed by atoms with Crippen LogP contribution < -0.4 is 14.2 Å². The number of nitrogens with zero attached hydrogens (tertiary/aromatic N) is 2. The average molecular weight is 354 g/mol. The van der Waals surface area contributed by atoms with Crippen LogP contribution in [0.4, 0.5) is 0 Å². The molecule has 4 rings (SSSR count). The fraction of sp³-hybridized carbons (Fsp3) is 0.350. The summed E-state index contributed by atoms with van der Waals surface area (Å²) < 4.78 is 16.3. The van der Waals surface area contributed by atoms with Crippen molar-refractivity contribution in [2.75, 3.05) is 34.4 Å². The van der Waals surface area contributed by atoms with E-state index in [-0.39, 0.29) is 0 Å². The Labute approximate surface area is 152 Å². The van der Waals surface area contributed by atoms with Crippen molar-refractivity contribution in [2.24, 2.45) is 4.99 Å². The summed E-state index contributed by atoms with van der Waals surface area (Å²) in [5, 5.41) is 11.8. The first-order valence-electron chi connectivity index (χ1n) is 8.55. The molecule has 1 atom stereocenters. The topological polar surface area (TPSA) is 63.5 Å². The summed E-state index contributed by atoms with van der Waals surface area (Å²) in [6.45, 7) is 1.33. The van der Waals surface area contributed by atoms with Gasteiger partial charge in [0.25, 0.3) is 0 Å². The number of fused-ring (bicyclic) bond motifs is 3. The van der Waals surface area contributed by atoms with Gasteiger partial charge in [0.2, 0.25) is 5.75 Å². The number of hydrogen-bond acceptors (Lipinski definition) is 6. The van der Waals surface area contributed by atoms with Crippen LogP contribution in [0.5, 0.6) is 17.2 Å². The first-order chi connectivity index (χ1) is 12.6. The van der Waals surface area contributed by atoms with E-state index in [0.717, 1.165) is 17.0 Å². The Morgan fingerprint density at radius 1 is 1.04 bits per heavy atom. The normalized spacial score (nSPS) is 20.9. The molecule has 0 saturated heterocycles. The van der Waals surface area contributed by atoms with E-state index in [2.05, 4.69) is 11.1 Å². The van der Waals surface area contributed by atoms with Crippen molar-refractivity contribution in [3.8, 4) is 17.2 Å². The Morgan fingerprint density at radius 3 is 2.38 bits per heavy atom. The van der Waals surface area contributed by atoms with E-state index in [0.29, 0.717) is 42.3 Å². The fourth-order valence-electron chi connectivity index (χ4n) is 3.86. The number of aliphatic hydroxyl groups is 1. The number of benzene rings is 2. The van der Waals surface area contributed by atoms with Crippen molar-refractivity contribution in [1.82, 2.24) is 4.90 Å². The fourth-order valence-corrected chi connectivity index (χ4v) is 3.86. The Morgan fingerprint density at radius 2 is 1.73 bits per heavy atom. The molecule has 0 fully saturated rings. The summed E-state index contributed by atoms with van der Waals surface area (Å²) in [6.07, 6.45) is 0.459. The van der Waals surface area contributed by atoms with Crippen molar-refractivity contribution in [3.05, 3.63) is 53.1 Å². The molecule has 136 valence electrons. The Hall–Kier alpha value is -2.73. The molecule has 26 heavy (non-hydrogen) atoms. The molecule has 2 aliphatic heterocycles. The highest BCUT2D eigenvalue weighted by atomic mass is 16.5. The summed E-state index contributed by atoms with van der Waals surface area (Å²) in [7, 11) is 4.71. The molecule has 0 radical (unpaired) electrons. The maximum atomic E-state index is 11.8. The molecule has 6 heteroatoms. The van der Waals surface area contributed by atoms with Gasteiger partial charge >= 0.3 is 0 Å². The van der Waals surface area contributed by atoms with Gasteiger partial charge in [-0.3, -0.25) is 4.99 Å². The van der Waals surface area contributed by atoms with Crippen molar-refractivity contribution in [3.63, 3.8) is 0 Å². The Kier molecular flexibility index (Phi) is 4.00. The smallest absolute Gasteiger partial charge is 0.203 e. The predicted molar refractivity (Wildman–Crippen MR) is 98.3 cm³/mol. The number of aliphatic imine (C=N–C) groups is 1. The third-order valence-corrected chi connectivity index (χ3v) is 5.11. The second-order valence-corrected chi connectivity index (χ2v) is 6.42. The summed E-state index contributed by atoms with van der Waals surface area (Å²) >= 11 is 0. The lowest BCUT2D eigenvalue weighted by molar-refractivity contribution is -0.0747. The zero-order valence-electron chi connectivity index (χ0n) is 15.2. The molecule has 0 saturated carbocycles. The number of methoxy groups -OCH3 is 3. The van der Waals surface area contributed by atoms with E-state index < -0.39 is 5.72 Å². The van der Waals surface area contributed by atoms with E-state index in [1.165, 1.54) is 0 Å². The minimum atomic E-state index is -1.23. The van der Waals surface area contributed by atoms with Crippen LogP contribution in [0.3, 0.4) is 0 Å². The van der Waals surface area contributed by atoms with Crippen LogP contribution in [0, 0.1) is 0 Å². The standard InChI is InChI=1S/C20H22N2O4/c1-24-16-10-14(11-17(25-2)18(16)26-3)20(23)12-13-6-4-5-7-15(13)19-21-8-9-22(19)20/h4-7,10-11,23H,8-9,12H2,1-3H3. The van der Waals surface area contributed by atoms with Gasteiger partial charge in [0, 0.05) is 24.1 Å². The average Bonchev–Trinajstić information content (AvgIpc) is 3.18. The molecule has 2 aromatic rings. The van der Waals surface area contributed by atoms with Gasteiger partial charge < -0.3 is 24.2 Å². The minimum Gasteiger partial charge on any atom is -0.493 e. The zero-order valence-corrected chi connectivity index (χ0v) is 15.2. The number of ether oxygens (including phenoxy) is 3. The second-order valence-electron chi connectivity index (χ2n) is 6.42. The van der Waals surface area contributed by atoms with Crippen molar-refractivity contribution in [1.29, 1.82) is 0 Å². The highest BCUT2D eigenvalue weighted by molar-refractivity contribution is 6.02. The SMILES string of the molecule is COc1cc(C2(O)Cc3ccccc3C3=NCCN32)cc(OC)c1OC. The van der Waals surface area contributed by atoms with Crippen molar-refractivity contribution in [2.45, 2.75) is 12.1 Å². The van der Waals surface area contributed by atoms with Crippen molar-refractivity contribution < 1.29 is 19.3 Å². The van der Waals surface area contributed by atoms with Gasteiger partial charge in [-0.15, -0.1) is 0 Å². The lowest BCUT2D eigenvalue weighted by Crippen LogP contribution is -2.53. The zero-order chi connectivity index (χ0) is 18.3. The van der Waals surface area contributed by atoms with Crippen LogP contribution in [0.25, 0.3) is 0 Å². The largest absolute Gasteiger partial charge is 0.493 e. The lowest BCUT2D eigenvalue weighted by atomic mass is 9.86. The molecular formula is C20H22N2O4. The van der Waals surface area contributed by atoms with Gasteiger partial charge in [0.15, 0.2) is 17.2 Å². The number of hydrogen-bond donors (Lipinski definition) is 1. The van der Waals surface area contributed by atoms with Crippen LogP contribution in [-0.2, 0) is 12.1 Å². The molecule has 0 aromatic heterocycles. The van der Waals surface area contributed by atoms with Crippen LogP contribution in [0.2, 0.25) is 0 Å². The minimum absolute atomic E-state index is 0.459. The van der Waals surface area contributed by atoms with Gasteiger partial charge in [0.05, 0.1) is 27.9 Å². The summed E-state index contributed by atoms with van der Waals surface area (Å²) in [4.78, 5) is 6.60. The van der Waals surface area contributed by atoms with E-state index in [1.54, 1.807) is 21.3 Å². The highest BCUT2D eigenvalue weighted by Crippen LogP contribution is 2.45. The van der Waals surface area contributed by atoms with Gasteiger partial charge in [-0.25, -0.2) is 0 Å². The summed E-state index contributed by atoms with van der Waals surface area (Å²) in [6, 6.07) is 11.7. The van der Waals surface area contributed by atoms with Crippen LogP contribution >= 0.6 is 0 Å². The molecule has 0 spiro atoms. The number of amidine groups is 1. The van der Waals surface area contributed by atoms with E-state index >= 15 is 0 Å². The summed E-state index contributed by atoms with van der Waals surface area (Å²) in [5.74, 6) is 2.38. The third-order valence-electron chi connectivity index (χ3n) is 5.11. The summed E-state index contributed by atoms with van der Waals surface area (Å²) in [5.41, 5.74) is 1.62. The molecular weight excluding hydrogens is 332 g/mol. The highest BCUT2D eigenvalue weighted by Gasteiger charge is 2.45.